The molecule has 4 amide bonds. The Hall–Kier alpha value is -2.64. The van der Waals surface area contributed by atoms with Crippen LogP contribution in [0.15, 0.2) is 72.8 Å². The van der Waals surface area contributed by atoms with Crippen molar-refractivity contribution in [3.8, 4) is 0 Å². The van der Waals surface area contributed by atoms with Crippen LogP contribution in [0.4, 0.5) is 15.8 Å². The fourth-order valence-electron chi connectivity index (χ4n) is 8.26. The zero-order chi connectivity index (χ0) is 61.0. The van der Waals surface area contributed by atoms with Crippen LogP contribution >= 0.6 is 15.9 Å². The molecule has 440 valence electrons. The molecule has 4 aromatic rings. The van der Waals surface area contributed by atoms with E-state index in [0.29, 0.717) is 57.7 Å². The third-order valence-corrected chi connectivity index (χ3v) is 13.1. The van der Waals surface area contributed by atoms with Gasteiger partial charge in [0.1, 0.15) is 0 Å². The van der Waals surface area contributed by atoms with Crippen molar-refractivity contribution in [2.24, 2.45) is 0 Å². The zero-order valence-corrected chi connectivity index (χ0v) is 58.5. The Kier molecular flexibility index (Phi) is 33.0. The number of anilines is 2. The van der Waals surface area contributed by atoms with E-state index in [0.717, 1.165) is 47.2 Å². The number of carbonyl (C=O) groups excluding carboxylic acids is 5. The molecule has 2 saturated heterocycles. The first kappa shape index (κ1) is 75.5. The number of hydrogen-bond acceptors (Lipinski definition) is 15. The normalized spacial score (nSPS) is 15.8. The van der Waals surface area contributed by atoms with Gasteiger partial charge < -0.3 is 51.1 Å². The molecule has 1 unspecified atom stereocenters. The number of fused-ring (bicyclic) bond motifs is 1. The predicted molar refractivity (Wildman–Crippen MR) is 312 cm³/mol. The van der Waals surface area contributed by atoms with Gasteiger partial charge in [-0.15, -0.1) is 0 Å². The summed E-state index contributed by atoms with van der Waals surface area (Å²) in [6.45, 7) is 29.1. The number of hydrogen-bond donors (Lipinski definition) is 5. The van der Waals surface area contributed by atoms with Crippen molar-refractivity contribution < 1.29 is 173 Å². The average Bonchev–Trinajstić information content (AvgIpc) is 3.79. The van der Waals surface area contributed by atoms with Gasteiger partial charge in [-0.1, -0.05) is 62.4 Å². The number of ether oxygens (including phenoxy) is 2. The zero-order valence-electron chi connectivity index (χ0n) is 52.7. The summed E-state index contributed by atoms with van der Waals surface area (Å²) in [6.07, 6.45) is 3.57. The summed E-state index contributed by atoms with van der Waals surface area (Å²) in [5.74, 6) is -1.40. The van der Waals surface area contributed by atoms with Gasteiger partial charge in [-0.05, 0) is 165 Å². The fraction of sp³-hybridized carbons (Fsp3) is 0.491. The van der Waals surface area contributed by atoms with Crippen molar-refractivity contribution in [3.63, 3.8) is 0 Å². The Morgan fingerprint density at radius 1 is 0.805 bits per heavy atom. The second-order valence-corrected chi connectivity index (χ2v) is 23.0. The molecule has 4 aromatic carbocycles. The predicted octanol–water partition coefficient (Wildman–Crippen LogP) is 0.855. The number of benzene rings is 4. The number of hydrazine groups is 2. The third kappa shape index (κ3) is 23.6. The second-order valence-electron chi connectivity index (χ2n) is 22.2. The first-order valence-electron chi connectivity index (χ1n) is 26.8. The minimum atomic E-state index is -1.04. The second kappa shape index (κ2) is 35.9. The molecule has 19 nitrogen and oxygen atoms in total. The number of nitrogens with zero attached hydrogens (tertiary/aromatic N) is 2. The van der Waals surface area contributed by atoms with E-state index >= 15 is 0 Å². The largest absolute Gasteiger partial charge is 1.00 e. The van der Waals surface area contributed by atoms with E-state index in [1.54, 1.807) is 36.4 Å². The first-order chi connectivity index (χ1) is 37.8. The van der Waals surface area contributed by atoms with E-state index < -0.39 is 55.5 Å². The van der Waals surface area contributed by atoms with Crippen molar-refractivity contribution in [2.45, 2.75) is 145 Å². The van der Waals surface area contributed by atoms with Gasteiger partial charge in [-0.2, -0.15) is 0 Å². The molecule has 1 atom stereocenters. The van der Waals surface area contributed by atoms with Gasteiger partial charge in [0.05, 0.1) is 37.4 Å². The Morgan fingerprint density at radius 2 is 1.24 bits per heavy atom. The van der Waals surface area contributed by atoms with Crippen LogP contribution in [0.1, 0.15) is 155 Å². The fourth-order valence-corrected chi connectivity index (χ4v) is 8.45. The minimum absolute atomic E-state index is 0. The van der Waals surface area contributed by atoms with Crippen molar-refractivity contribution in [1.82, 2.24) is 20.9 Å². The molecule has 3 heterocycles. The summed E-state index contributed by atoms with van der Waals surface area (Å²) in [4.78, 5) is 64.0. The quantitative estimate of drug-likeness (QED) is 0.0389. The Balaban J connectivity index is 0.00000125. The number of aryl methyl sites for hydroxylation is 4. The van der Waals surface area contributed by atoms with E-state index in [1.807, 2.05) is 133 Å². The van der Waals surface area contributed by atoms with Crippen LogP contribution in [0.25, 0.3) is 0 Å². The molecular formula is C57H82B2BrFK2N6O13. The van der Waals surface area contributed by atoms with Crippen molar-refractivity contribution in [2.75, 3.05) is 49.9 Å². The van der Waals surface area contributed by atoms with E-state index in [-0.39, 0.29) is 129 Å². The number of nitrogens with two attached hydrogens (primary N) is 1. The molecule has 0 aromatic heterocycles. The Labute approximate surface area is 581 Å². The van der Waals surface area contributed by atoms with Crippen LogP contribution in [-0.4, -0.2) is 127 Å². The van der Waals surface area contributed by atoms with Crippen LogP contribution in [0.5, 0.6) is 0 Å². The van der Waals surface area contributed by atoms with E-state index in [9.17, 15) is 28.6 Å². The molecule has 2 fully saturated rings. The van der Waals surface area contributed by atoms with Gasteiger partial charge in [0.15, 0.2) is 6.29 Å². The monoisotopic (exact) mass is 1260 g/mol. The number of alkyl halides is 2. The number of amides is 4. The van der Waals surface area contributed by atoms with E-state index in [1.165, 1.54) is 22.9 Å². The van der Waals surface area contributed by atoms with Gasteiger partial charge in [-0.25, -0.2) is 10.0 Å². The van der Waals surface area contributed by atoms with Gasteiger partial charge in [0.25, 0.3) is 30.1 Å². The van der Waals surface area contributed by atoms with Crippen LogP contribution in [-0.2, 0) is 33.1 Å². The van der Waals surface area contributed by atoms with Crippen molar-refractivity contribution in [1.29, 1.82) is 0 Å². The molecule has 3 aliphatic rings. The third-order valence-electron chi connectivity index (χ3n) is 12.8. The van der Waals surface area contributed by atoms with Gasteiger partial charge in [0.2, 0.25) is 0 Å². The maximum Gasteiger partial charge on any atom is 1.00 e. The standard InChI is InChI=1S/C26H36BN3O4.C22H28BN3O4.C7H13BrO2.CH3F.CH2O3.2K.H/c1-16-12-17(2)14-19(13-16)23(32)30(24(3,4)5)29-22(31)18-10-11-20(21(28)15-18)27-33-25(6,7)26(8,9)34-27;1-14-10-15(2)12-17(11-14)21(28)26(22(3,4)5)25-20(27)16-6-7-18-19(13-16)24-8-9-30-23(18)29;8-4-6-10-7-3-1-2-5-9-7;1-2;2-1-4-3;;;/h10-15H,28H2,1-9H3,(H,29,31);6-7,10-13,24,29H,8-9H2,1-5H3,(H,25,27);7H,1-6H2;1H3;1,3H;;;/q;;;;;2*+1;-1/p-1/i;;;1D;;;;. The number of carbonyl (C=O) groups is 5. The molecule has 0 bridgehead atoms. The van der Waals surface area contributed by atoms with Crippen LogP contribution in [0.2, 0.25) is 0 Å². The van der Waals surface area contributed by atoms with Crippen molar-refractivity contribution >= 4 is 82.6 Å². The summed E-state index contributed by atoms with van der Waals surface area (Å²) < 4.78 is 43.6. The minimum Gasteiger partial charge on any atom is -1.00 e. The summed E-state index contributed by atoms with van der Waals surface area (Å²) in [5, 5.41) is 25.3. The molecule has 82 heavy (non-hydrogen) atoms. The van der Waals surface area contributed by atoms with E-state index in [4.69, 9.17) is 40.6 Å². The topological polar surface area (TPSA) is 253 Å². The number of halogens is 2. The molecule has 3 aliphatic heterocycles. The number of rotatable bonds is 9. The summed E-state index contributed by atoms with van der Waals surface area (Å²) in [6, 6.07) is 21.2. The molecule has 25 heteroatoms. The van der Waals surface area contributed by atoms with Crippen LogP contribution in [0.3, 0.4) is 0 Å². The molecule has 7 rings (SSSR count). The van der Waals surface area contributed by atoms with E-state index in [2.05, 4.69) is 37.0 Å². The smallest absolute Gasteiger partial charge is 1.00 e. The number of nitrogen functional groups attached to an aromatic ring is 1. The Bertz CT molecular complexity index is 2710. The molecule has 0 spiro atoms. The van der Waals surface area contributed by atoms with Crippen LogP contribution < -0.4 is 141 Å². The first-order valence-corrected chi connectivity index (χ1v) is 27.2. The maximum atomic E-state index is 13.3. The van der Waals surface area contributed by atoms with Crippen LogP contribution in [0, 0.1) is 27.7 Å². The molecule has 0 aliphatic carbocycles. The molecule has 0 saturated carbocycles. The van der Waals surface area contributed by atoms with Gasteiger partial charge in [0, 0.05) is 69.6 Å². The molecule has 6 N–H and O–H groups in total. The van der Waals surface area contributed by atoms with Gasteiger partial charge in [-0.3, -0.25) is 39.2 Å². The van der Waals surface area contributed by atoms with Gasteiger partial charge >= 0.3 is 117 Å². The SMILES string of the molecule is BrCCOC1CCCCO1.Cc1cc(C)cc(C(=O)N(NC(=O)c2ccc(B3OC(C)(C)C(C)(C)O3)c(N)c2)C(C)(C)C)c1.Cc1cc(C)cc(C(=O)N(NC(=O)c2ccc3c(c2)NCCOB3O)C(C)(C)C)c1.O=CO[O-].[2H]CF.[H-].[K+].[K+]. The molecular weight excluding hydrogens is 1180 g/mol. The molecule has 0 radical (unpaired) electrons. The summed E-state index contributed by atoms with van der Waals surface area (Å²) >= 11 is 3.30. The number of nitrogens with one attached hydrogen (secondary N) is 3. The summed E-state index contributed by atoms with van der Waals surface area (Å²) in [7, 11) is -2.66. The summed E-state index contributed by atoms with van der Waals surface area (Å²) in [5.41, 5.74) is 17.5. The Morgan fingerprint density at radius 3 is 1.63 bits per heavy atom. The average molecular weight is 1260 g/mol. The maximum absolute atomic E-state index is 13.3. The van der Waals surface area contributed by atoms with Crippen molar-refractivity contribution in [3.05, 3.63) is 117 Å².